The van der Waals surface area contributed by atoms with E-state index in [4.69, 9.17) is 9.47 Å². The Hall–Kier alpha value is -1.84. The molecule has 0 radical (unpaired) electrons. The van der Waals surface area contributed by atoms with E-state index in [1.54, 1.807) is 24.3 Å². The lowest BCUT2D eigenvalue weighted by atomic mass is 10.2. The van der Waals surface area contributed by atoms with Crippen molar-refractivity contribution in [2.75, 3.05) is 13.7 Å². The number of hydrogen-bond donors (Lipinski definition) is 0. The number of ether oxygens (including phenoxy) is 2. The van der Waals surface area contributed by atoms with Crippen LogP contribution in [0.3, 0.4) is 0 Å². The van der Waals surface area contributed by atoms with Gasteiger partial charge in [0.25, 0.3) is 0 Å². The molecular formula is C11H12O4. The highest BCUT2D eigenvalue weighted by Gasteiger charge is 2.12. The zero-order valence-corrected chi connectivity index (χ0v) is 8.65. The van der Waals surface area contributed by atoms with Gasteiger partial charge in [-0.15, -0.1) is 0 Å². The van der Waals surface area contributed by atoms with Crippen molar-refractivity contribution in [1.82, 2.24) is 0 Å². The van der Waals surface area contributed by atoms with E-state index in [-0.39, 0.29) is 12.4 Å². The third-order valence-corrected chi connectivity index (χ3v) is 1.73. The second-order valence-corrected chi connectivity index (χ2v) is 2.98. The Morgan fingerprint density at radius 1 is 1.27 bits per heavy atom. The van der Waals surface area contributed by atoms with Gasteiger partial charge in [-0.25, -0.2) is 4.79 Å². The Labute approximate surface area is 87.8 Å². The van der Waals surface area contributed by atoms with Crippen LogP contribution in [0.25, 0.3) is 0 Å². The molecule has 0 saturated heterocycles. The zero-order valence-electron chi connectivity index (χ0n) is 8.65. The van der Waals surface area contributed by atoms with E-state index in [0.29, 0.717) is 11.3 Å². The van der Waals surface area contributed by atoms with Crippen LogP contribution < -0.4 is 4.74 Å². The maximum absolute atomic E-state index is 11.5. The highest BCUT2D eigenvalue weighted by atomic mass is 16.5. The van der Waals surface area contributed by atoms with Crippen molar-refractivity contribution in [3.8, 4) is 5.75 Å². The van der Waals surface area contributed by atoms with Crippen LogP contribution >= 0.6 is 0 Å². The Kier molecular flexibility index (Phi) is 3.85. The summed E-state index contributed by atoms with van der Waals surface area (Å²) >= 11 is 0. The SMILES string of the molecule is COc1ccccc1C(=O)OCC(C)=O. The van der Waals surface area contributed by atoms with Gasteiger partial charge in [0.2, 0.25) is 0 Å². The number of rotatable bonds is 4. The third kappa shape index (κ3) is 3.09. The minimum atomic E-state index is -0.553. The van der Waals surface area contributed by atoms with Gasteiger partial charge in [-0.05, 0) is 19.1 Å². The van der Waals surface area contributed by atoms with Crippen molar-refractivity contribution in [3.63, 3.8) is 0 Å². The van der Waals surface area contributed by atoms with Crippen LogP contribution in [0.2, 0.25) is 0 Å². The standard InChI is InChI=1S/C11H12O4/c1-8(12)7-15-11(13)9-5-3-4-6-10(9)14-2/h3-6H,7H2,1-2H3. The summed E-state index contributed by atoms with van der Waals surface area (Å²) in [4.78, 5) is 22.1. The van der Waals surface area contributed by atoms with Crippen LogP contribution in [-0.4, -0.2) is 25.5 Å². The molecule has 1 aromatic carbocycles. The summed E-state index contributed by atoms with van der Waals surface area (Å²) in [6.45, 7) is 1.15. The lowest BCUT2D eigenvalue weighted by molar-refractivity contribution is -0.120. The molecule has 0 aliphatic carbocycles. The Morgan fingerprint density at radius 2 is 1.93 bits per heavy atom. The molecule has 0 aromatic heterocycles. The first kappa shape index (κ1) is 11.2. The van der Waals surface area contributed by atoms with Crippen LogP contribution in [0, 0.1) is 0 Å². The minimum Gasteiger partial charge on any atom is -0.496 e. The number of ketones is 1. The molecule has 0 heterocycles. The molecule has 15 heavy (non-hydrogen) atoms. The molecule has 4 heteroatoms. The summed E-state index contributed by atoms with van der Waals surface area (Å²) < 4.78 is 9.75. The number of carbonyl (C=O) groups excluding carboxylic acids is 2. The van der Waals surface area contributed by atoms with E-state index in [1.807, 2.05) is 0 Å². The lowest BCUT2D eigenvalue weighted by Gasteiger charge is -2.06. The van der Waals surface area contributed by atoms with E-state index < -0.39 is 5.97 Å². The third-order valence-electron chi connectivity index (χ3n) is 1.73. The average Bonchev–Trinajstić information content (AvgIpc) is 2.25. The Balaban J connectivity index is 2.77. The number of carbonyl (C=O) groups is 2. The largest absolute Gasteiger partial charge is 0.496 e. The fourth-order valence-corrected chi connectivity index (χ4v) is 1.06. The van der Waals surface area contributed by atoms with Crippen molar-refractivity contribution in [2.45, 2.75) is 6.92 Å². The van der Waals surface area contributed by atoms with E-state index in [1.165, 1.54) is 14.0 Å². The molecule has 0 saturated carbocycles. The number of esters is 1. The minimum absolute atomic E-state index is 0.196. The molecule has 0 amide bonds. The van der Waals surface area contributed by atoms with E-state index in [2.05, 4.69) is 0 Å². The lowest BCUT2D eigenvalue weighted by Crippen LogP contribution is -2.12. The predicted octanol–water partition coefficient (Wildman–Crippen LogP) is 1.44. The predicted molar refractivity (Wildman–Crippen MR) is 54.0 cm³/mol. The van der Waals surface area contributed by atoms with E-state index in [0.717, 1.165) is 0 Å². The molecule has 0 bridgehead atoms. The highest BCUT2D eigenvalue weighted by Crippen LogP contribution is 2.17. The van der Waals surface area contributed by atoms with Gasteiger partial charge in [-0.2, -0.15) is 0 Å². The molecular weight excluding hydrogens is 196 g/mol. The average molecular weight is 208 g/mol. The van der Waals surface area contributed by atoms with Crippen LogP contribution in [0.15, 0.2) is 24.3 Å². The molecule has 1 aromatic rings. The van der Waals surface area contributed by atoms with Crippen molar-refractivity contribution in [1.29, 1.82) is 0 Å². The normalized spacial score (nSPS) is 9.47. The van der Waals surface area contributed by atoms with Gasteiger partial charge in [-0.3, -0.25) is 4.79 Å². The second kappa shape index (κ2) is 5.14. The van der Waals surface area contributed by atoms with Gasteiger partial charge >= 0.3 is 5.97 Å². The van der Waals surface area contributed by atoms with E-state index >= 15 is 0 Å². The number of benzene rings is 1. The van der Waals surface area contributed by atoms with Crippen molar-refractivity contribution < 1.29 is 19.1 Å². The Morgan fingerprint density at radius 3 is 2.53 bits per heavy atom. The first-order valence-electron chi connectivity index (χ1n) is 4.44. The van der Waals surface area contributed by atoms with Gasteiger partial charge < -0.3 is 9.47 Å². The maximum atomic E-state index is 11.5. The molecule has 1 rings (SSSR count). The molecule has 0 N–H and O–H groups in total. The topological polar surface area (TPSA) is 52.6 Å². The summed E-state index contributed by atoms with van der Waals surface area (Å²) in [6, 6.07) is 6.69. The van der Waals surface area contributed by atoms with Crippen LogP contribution in [-0.2, 0) is 9.53 Å². The molecule has 0 fully saturated rings. The van der Waals surface area contributed by atoms with Gasteiger partial charge in [0.15, 0.2) is 5.78 Å². The van der Waals surface area contributed by atoms with Crippen molar-refractivity contribution >= 4 is 11.8 Å². The highest BCUT2D eigenvalue weighted by molar-refractivity contribution is 5.93. The number of hydrogen-bond acceptors (Lipinski definition) is 4. The second-order valence-electron chi connectivity index (χ2n) is 2.98. The zero-order chi connectivity index (χ0) is 11.3. The fraction of sp³-hybridized carbons (Fsp3) is 0.273. The number of methoxy groups -OCH3 is 1. The van der Waals surface area contributed by atoms with Crippen LogP contribution in [0.5, 0.6) is 5.75 Å². The first-order valence-corrected chi connectivity index (χ1v) is 4.44. The molecule has 4 nitrogen and oxygen atoms in total. The number of Topliss-reactive ketones (excluding diaryl/α,β-unsaturated/α-hetero) is 1. The Bertz CT molecular complexity index is 371. The molecule has 0 atom stereocenters. The van der Waals surface area contributed by atoms with E-state index in [9.17, 15) is 9.59 Å². The molecule has 0 aliphatic heterocycles. The quantitative estimate of drug-likeness (QED) is 0.702. The van der Waals surface area contributed by atoms with Crippen LogP contribution in [0.4, 0.5) is 0 Å². The molecule has 0 unspecified atom stereocenters. The summed E-state index contributed by atoms with van der Waals surface area (Å²) in [5.41, 5.74) is 0.321. The molecule has 80 valence electrons. The fourth-order valence-electron chi connectivity index (χ4n) is 1.06. The van der Waals surface area contributed by atoms with Crippen molar-refractivity contribution in [2.24, 2.45) is 0 Å². The van der Waals surface area contributed by atoms with Gasteiger partial charge in [-0.1, -0.05) is 12.1 Å². The summed E-state index contributed by atoms with van der Waals surface area (Å²) in [6.07, 6.45) is 0. The summed E-state index contributed by atoms with van der Waals surface area (Å²) in [5.74, 6) is -0.313. The van der Waals surface area contributed by atoms with Gasteiger partial charge in [0.1, 0.15) is 17.9 Å². The van der Waals surface area contributed by atoms with Crippen LogP contribution in [0.1, 0.15) is 17.3 Å². The smallest absolute Gasteiger partial charge is 0.342 e. The van der Waals surface area contributed by atoms with Gasteiger partial charge in [0, 0.05) is 0 Å². The summed E-state index contributed by atoms with van der Waals surface area (Å²) in [7, 11) is 1.47. The maximum Gasteiger partial charge on any atom is 0.342 e. The summed E-state index contributed by atoms with van der Waals surface area (Å²) in [5, 5.41) is 0. The molecule has 0 spiro atoms. The van der Waals surface area contributed by atoms with Crippen molar-refractivity contribution in [3.05, 3.63) is 29.8 Å². The first-order chi connectivity index (χ1) is 7.15. The monoisotopic (exact) mass is 208 g/mol. The number of para-hydroxylation sites is 1. The molecule has 0 aliphatic rings. The van der Waals surface area contributed by atoms with Gasteiger partial charge in [0.05, 0.1) is 7.11 Å².